The molecule has 2 rings (SSSR count). The lowest BCUT2D eigenvalue weighted by Crippen LogP contribution is -1.75. The van der Waals surface area contributed by atoms with E-state index in [1.165, 1.54) is 6.42 Å². The van der Waals surface area contributed by atoms with Crippen molar-refractivity contribution in [3.05, 3.63) is 54.6 Å². The fourth-order valence-corrected chi connectivity index (χ4v) is 1.32. The lowest BCUT2D eigenvalue weighted by atomic mass is 10.1. The summed E-state index contributed by atoms with van der Waals surface area (Å²) in [6.45, 7) is 4.25. The van der Waals surface area contributed by atoms with Crippen LogP contribution in [0.4, 0.5) is 0 Å². The van der Waals surface area contributed by atoms with Crippen molar-refractivity contribution in [1.82, 2.24) is 0 Å². The zero-order chi connectivity index (χ0) is 11.8. The maximum atomic E-state index is 9.27. The van der Waals surface area contributed by atoms with Crippen molar-refractivity contribution in [1.29, 1.82) is 0 Å². The summed E-state index contributed by atoms with van der Waals surface area (Å²) in [5.74, 6) is 0.307. The predicted molar refractivity (Wildman–Crippen MR) is 69.5 cm³/mol. The van der Waals surface area contributed by atoms with Crippen molar-refractivity contribution in [2.45, 2.75) is 20.3 Å². The predicted octanol–water partition coefficient (Wildman–Crippen LogP) is 4.48. The van der Waals surface area contributed by atoms with Gasteiger partial charge in [-0.05, 0) is 23.3 Å². The second-order valence-electron chi connectivity index (χ2n) is 3.62. The van der Waals surface area contributed by atoms with Crippen LogP contribution in [-0.4, -0.2) is 5.11 Å². The molecule has 0 aliphatic carbocycles. The van der Waals surface area contributed by atoms with Crippen molar-refractivity contribution in [2.24, 2.45) is 0 Å². The van der Waals surface area contributed by atoms with Crippen LogP contribution >= 0.6 is 0 Å². The van der Waals surface area contributed by atoms with Crippen molar-refractivity contribution in [3.8, 4) is 16.9 Å². The van der Waals surface area contributed by atoms with Gasteiger partial charge in [0.1, 0.15) is 5.75 Å². The highest BCUT2D eigenvalue weighted by Gasteiger charge is 1.95. The van der Waals surface area contributed by atoms with Crippen LogP contribution in [0.5, 0.6) is 5.75 Å². The Hall–Kier alpha value is -1.76. The molecule has 0 saturated carbocycles. The van der Waals surface area contributed by atoms with Crippen LogP contribution in [0.2, 0.25) is 0 Å². The van der Waals surface area contributed by atoms with E-state index < -0.39 is 0 Å². The van der Waals surface area contributed by atoms with Gasteiger partial charge in [-0.25, -0.2) is 0 Å². The Bertz CT molecular complexity index is 407. The quantitative estimate of drug-likeness (QED) is 0.742. The minimum atomic E-state index is 0.307. The Kier molecular flexibility index (Phi) is 5.13. The molecule has 0 radical (unpaired) electrons. The van der Waals surface area contributed by atoms with Gasteiger partial charge in [0, 0.05) is 0 Å². The molecule has 1 heteroatoms. The number of phenolic OH excluding ortho intramolecular Hbond substituents is 1. The van der Waals surface area contributed by atoms with Crippen LogP contribution in [0.1, 0.15) is 20.3 Å². The van der Waals surface area contributed by atoms with Gasteiger partial charge >= 0.3 is 0 Å². The Morgan fingerprint density at radius 2 is 1.38 bits per heavy atom. The molecule has 0 heterocycles. The number of phenols is 1. The van der Waals surface area contributed by atoms with Crippen LogP contribution in [0.15, 0.2) is 54.6 Å². The third kappa shape index (κ3) is 3.77. The molecule has 1 nitrogen and oxygen atoms in total. The van der Waals surface area contributed by atoms with Crippen molar-refractivity contribution < 1.29 is 5.11 Å². The standard InChI is InChI=1S/C12H10O.C3H8/c13-12-8-4-7-11(9-12)10-5-2-1-3-6-10;1-3-2/h1-9,13H;3H2,1-2H3. The molecule has 0 bridgehead atoms. The Morgan fingerprint density at radius 1 is 0.812 bits per heavy atom. The molecule has 0 atom stereocenters. The molecule has 0 fully saturated rings. The molecule has 2 aromatic rings. The molecular formula is C15H18O. The zero-order valence-electron chi connectivity index (χ0n) is 9.85. The van der Waals surface area contributed by atoms with Gasteiger partial charge in [0.05, 0.1) is 0 Å². The second-order valence-corrected chi connectivity index (χ2v) is 3.62. The lowest BCUT2D eigenvalue weighted by molar-refractivity contribution is 0.475. The Balaban J connectivity index is 0.000000386. The Morgan fingerprint density at radius 3 is 1.94 bits per heavy atom. The third-order valence-electron chi connectivity index (χ3n) is 1.95. The first-order chi connectivity index (χ1) is 7.77. The van der Waals surface area contributed by atoms with Gasteiger partial charge < -0.3 is 5.11 Å². The molecule has 2 aromatic carbocycles. The first-order valence-electron chi connectivity index (χ1n) is 5.62. The SMILES string of the molecule is CCC.Oc1cccc(-c2ccccc2)c1. The molecule has 0 aliphatic rings. The number of benzene rings is 2. The molecular weight excluding hydrogens is 196 g/mol. The molecule has 84 valence electrons. The normalized spacial score (nSPS) is 9.12. The van der Waals surface area contributed by atoms with Gasteiger partial charge in [-0.15, -0.1) is 0 Å². The highest BCUT2D eigenvalue weighted by atomic mass is 16.3. The van der Waals surface area contributed by atoms with Crippen molar-refractivity contribution in [3.63, 3.8) is 0 Å². The average Bonchev–Trinajstić information content (AvgIpc) is 2.31. The summed E-state index contributed by atoms with van der Waals surface area (Å²) in [6.07, 6.45) is 1.25. The van der Waals surface area contributed by atoms with Crippen molar-refractivity contribution >= 4 is 0 Å². The fourth-order valence-electron chi connectivity index (χ4n) is 1.32. The molecule has 0 aliphatic heterocycles. The Labute approximate surface area is 97.4 Å². The molecule has 0 aromatic heterocycles. The summed E-state index contributed by atoms with van der Waals surface area (Å²) < 4.78 is 0. The van der Waals surface area contributed by atoms with Gasteiger partial charge in [0.15, 0.2) is 0 Å². The van der Waals surface area contributed by atoms with E-state index in [0.29, 0.717) is 5.75 Å². The van der Waals surface area contributed by atoms with E-state index in [1.807, 2.05) is 42.5 Å². The van der Waals surface area contributed by atoms with Crippen LogP contribution in [0, 0.1) is 0 Å². The first-order valence-corrected chi connectivity index (χ1v) is 5.62. The lowest BCUT2D eigenvalue weighted by Gasteiger charge is -2.00. The molecule has 0 spiro atoms. The maximum Gasteiger partial charge on any atom is 0.116 e. The smallest absolute Gasteiger partial charge is 0.116 e. The molecule has 16 heavy (non-hydrogen) atoms. The van der Waals surface area contributed by atoms with Gasteiger partial charge in [-0.1, -0.05) is 62.7 Å². The number of hydrogen-bond acceptors (Lipinski definition) is 1. The van der Waals surface area contributed by atoms with E-state index in [4.69, 9.17) is 0 Å². The highest BCUT2D eigenvalue weighted by molar-refractivity contribution is 5.64. The fraction of sp³-hybridized carbons (Fsp3) is 0.200. The topological polar surface area (TPSA) is 20.2 Å². The summed E-state index contributed by atoms with van der Waals surface area (Å²) in [4.78, 5) is 0. The summed E-state index contributed by atoms with van der Waals surface area (Å²) in [5, 5.41) is 9.27. The largest absolute Gasteiger partial charge is 0.508 e. The highest BCUT2D eigenvalue weighted by Crippen LogP contribution is 2.22. The summed E-state index contributed by atoms with van der Waals surface area (Å²) in [6, 6.07) is 17.3. The zero-order valence-corrected chi connectivity index (χ0v) is 9.85. The third-order valence-corrected chi connectivity index (χ3v) is 1.95. The van der Waals surface area contributed by atoms with Crippen molar-refractivity contribution in [2.75, 3.05) is 0 Å². The van der Waals surface area contributed by atoms with Gasteiger partial charge in [0.2, 0.25) is 0 Å². The van der Waals surface area contributed by atoms with E-state index in [0.717, 1.165) is 11.1 Å². The first kappa shape index (κ1) is 12.3. The number of hydrogen-bond donors (Lipinski definition) is 1. The van der Waals surface area contributed by atoms with Gasteiger partial charge in [0.25, 0.3) is 0 Å². The van der Waals surface area contributed by atoms with Gasteiger partial charge in [-0.2, -0.15) is 0 Å². The van der Waals surface area contributed by atoms with E-state index >= 15 is 0 Å². The summed E-state index contributed by atoms with van der Waals surface area (Å²) in [7, 11) is 0. The van der Waals surface area contributed by atoms with E-state index in [9.17, 15) is 5.11 Å². The van der Waals surface area contributed by atoms with Crippen LogP contribution < -0.4 is 0 Å². The minimum absolute atomic E-state index is 0.307. The molecule has 0 unspecified atom stereocenters. The van der Waals surface area contributed by atoms with E-state index in [2.05, 4.69) is 13.8 Å². The minimum Gasteiger partial charge on any atom is -0.508 e. The monoisotopic (exact) mass is 214 g/mol. The average molecular weight is 214 g/mol. The van der Waals surface area contributed by atoms with Crippen LogP contribution in [-0.2, 0) is 0 Å². The molecule has 0 amide bonds. The summed E-state index contributed by atoms with van der Waals surface area (Å²) in [5.41, 5.74) is 2.17. The van der Waals surface area contributed by atoms with E-state index in [1.54, 1.807) is 12.1 Å². The summed E-state index contributed by atoms with van der Waals surface area (Å²) >= 11 is 0. The van der Waals surface area contributed by atoms with Gasteiger partial charge in [-0.3, -0.25) is 0 Å². The molecule has 0 saturated heterocycles. The maximum absolute atomic E-state index is 9.27. The number of aromatic hydroxyl groups is 1. The molecule has 1 N–H and O–H groups in total. The van der Waals surface area contributed by atoms with Crippen LogP contribution in [0.3, 0.4) is 0 Å². The van der Waals surface area contributed by atoms with E-state index in [-0.39, 0.29) is 0 Å². The second kappa shape index (κ2) is 6.67. The van der Waals surface area contributed by atoms with Crippen LogP contribution in [0.25, 0.3) is 11.1 Å². The number of rotatable bonds is 1.